The lowest BCUT2D eigenvalue weighted by Crippen LogP contribution is -2.40. The van der Waals surface area contributed by atoms with Crippen LogP contribution in [-0.2, 0) is 11.2 Å². The van der Waals surface area contributed by atoms with Crippen LogP contribution in [0.4, 0.5) is 0 Å². The highest BCUT2D eigenvalue weighted by atomic mass is 16.2. The molecule has 1 saturated carbocycles. The Bertz CT molecular complexity index is 467. The first kappa shape index (κ1) is 16.5. The number of aromatic amines is 1. The van der Waals surface area contributed by atoms with Crippen LogP contribution in [-0.4, -0.2) is 58.1 Å². The van der Waals surface area contributed by atoms with E-state index >= 15 is 0 Å². The number of nitrogens with one attached hydrogen (secondary N) is 1. The molecule has 1 amide bonds. The van der Waals surface area contributed by atoms with Crippen LogP contribution in [0.1, 0.15) is 56.9 Å². The van der Waals surface area contributed by atoms with E-state index in [4.69, 9.17) is 0 Å². The molecule has 0 spiro atoms. The minimum absolute atomic E-state index is 0.332. The van der Waals surface area contributed by atoms with Gasteiger partial charge in [0.15, 0.2) is 0 Å². The lowest BCUT2D eigenvalue weighted by Gasteiger charge is -2.33. The van der Waals surface area contributed by atoms with Gasteiger partial charge in [-0.3, -0.25) is 14.8 Å². The maximum atomic E-state index is 12.4. The second kappa shape index (κ2) is 8.48. The van der Waals surface area contributed by atoms with Gasteiger partial charge in [0, 0.05) is 44.8 Å². The summed E-state index contributed by atoms with van der Waals surface area (Å²) >= 11 is 0. The van der Waals surface area contributed by atoms with Gasteiger partial charge in [-0.1, -0.05) is 19.3 Å². The third-order valence-corrected chi connectivity index (χ3v) is 5.39. The number of hydrogen-bond acceptors (Lipinski definition) is 3. The summed E-state index contributed by atoms with van der Waals surface area (Å²) in [7, 11) is 0. The quantitative estimate of drug-likeness (QED) is 0.908. The van der Waals surface area contributed by atoms with Crippen molar-refractivity contribution in [1.29, 1.82) is 0 Å². The number of amides is 1. The van der Waals surface area contributed by atoms with E-state index < -0.39 is 0 Å². The predicted octanol–water partition coefficient (Wildman–Crippen LogP) is 2.60. The number of hydrogen-bond donors (Lipinski definition) is 1. The zero-order valence-electron chi connectivity index (χ0n) is 14.2. The lowest BCUT2D eigenvalue weighted by molar-refractivity contribution is -0.131. The fourth-order valence-corrected chi connectivity index (χ4v) is 4.01. The minimum Gasteiger partial charge on any atom is -0.341 e. The van der Waals surface area contributed by atoms with Gasteiger partial charge in [-0.15, -0.1) is 0 Å². The number of carbonyl (C=O) groups excluding carboxylic acids is 1. The molecular formula is C18H30N4O. The first-order valence-electron chi connectivity index (χ1n) is 9.32. The fourth-order valence-electron chi connectivity index (χ4n) is 4.01. The van der Waals surface area contributed by atoms with Crippen LogP contribution in [0.15, 0.2) is 12.4 Å². The van der Waals surface area contributed by atoms with Gasteiger partial charge in [0.1, 0.15) is 0 Å². The van der Waals surface area contributed by atoms with Crippen LogP contribution < -0.4 is 0 Å². The van der Waals surface area contributed by atoms with Crippen molar-refractivity contribution in [2.75, 3.05) is 26.2 Å². The maximum absolute atomic E-state index is 12.4. The van der Waals surface area contributed by atoms with Crippen LogP contribution in [0.2, 0.25) is 0 Å². The van der Waals surface area contributed by atoms with Crippen LogP contribution in [0.3, 0.4) is 0 Å². The summed E-state index contributed by atoms with van der Waals surface area (Å²) < 4.78 is 0. The van der Waals surface area contributed by atoms with E-state index in [9.17, 15) is 4.79 Å². The van der Waals surface area contributed by atoms with Gasteiger partial charge >= 0.3 is 0 Å². The van der Waals surface area contributed by atoms with Crippen LogP contribution in [0.5, 0.6) is 0 Å². The molecule has 2 fully saturated rings. The molecule has 5 nitrogen and oxygen atoms in total. The fraction of sp³-hybridized carbons (Fsp3) is 0.778. The van der Waals surface area contributed by atoms with E-state index in [2.05, 4.69) is 20.0 Å². The Balaban J connectivity index is 1.40. The van der Waals surface area contributed by atoms with Crippen molar-refractivity contribution >= 4 is 5.91 Å². The lowest BCUT2D eigenvalue weighted by atomic mass is 9.94. The Hall–Kier alpha value is -1.36. The van der Waals surface area contributed by atoms with Crippen molar-refractivity contribution in [2.45, 2.75) is 63.8 Å². The number of carbonyl (C=O) groups is 1. The summed E-state index contributed by atoms with van der Waals surface area (Å²) in [6, 6.07) is 0.778. The molecule has 2 heterocycles. The molecule has 1 aliphatic heterocycles. The summed E-state index contributed by atoms with van der Waals surface area (Å²) in [5.41, 5.74) is 1.19. The van der Waals surface area contributed by atoms with Crippen molar-refractivity contribution in [3.05, 3.63) is 18.0 Å². The number of H-pyrrole nitrogens is 1. The monoisotopic (exact) mass is 318 g/mol. The van der Waals surface area contributed by atoms with Gasteiger partial charge in [-0.05, 0) is 37.7 Å². The first-order chi connectivity index (χ1) is 11.3. The molecular weight excluding hydrogens is 288 g/mol. The van der Waals surface area contributed by atoms with Crippen molar-refractivity contribution in [1.82, 2.24) is 20.0 Å². The minimum atomic E-state index is 0.332. The standard InChI is InChI=1S/C18H30N4O/c23-18(9-4-6-16-14-19-20-15-16)22-11-5-10-21(12-13-22)17-7-2-1-3-8-17/h14-15,17H,1-13H2,(H,19,20). The number of rotatable bonds is 5. The SMILES string of the molecule is O=C(CCCc1cn[nH]c1)N1CCCN(C2CCCCC2)CC1. The number of aryl methyl sites for hydroxylation is 1. The van der Waals surface area contributed by atoms with Gasteiger partial charge < -0.3 is 4.90 Å². The third kappa shape index (κ3) is 4.80. The second-order valence-corrected chi connectivity index (χ2v) is 7.02. The highest BCUT2D eigenvalue weighted by molar-refractivity contribution is 5.76. The van der Waals surface area contributed by atoms with E-state index in [1.54, 1.807) is 0 Å². The molecule has 1 saturated heterocycles. The Morgan fingerprint density at radius 3 is 2.78 bits per heavy atom. The van der Waals surface area contributed by atoms with E-state index in [1.807, 2.05) is 12.4 Å². The number of nitrogens with zero attached hydrogens (tertiary/aromatic N) is 3. The smallest absolute Gasteiger partial charge is 0.222 e. The highest BCUT2D eigenvalue weighted by Gasteiger charge is 2.24. The summed E-state index contributed by atoms with van der Waals surface area (Å²) in [6.45, 7) is 4.09. The Morgan fingerprint density at radius 1 is 1.13 bits per heavy atom. The van der Waals surface area contributed by atoms with Gasteiger partial charge in [-0.25, -0.2) is 0 Å². The molecule has 0 radical (unpaired) electrons. The van der Waals surface area contributed by atoms with Crippen LogP contribution >= 0.6 is 0 Å². The molecule has 0 aromatic carbocycles. The molecule has 1 aromatic rings. The zero-order valence-corrected chi connectivity index (χ0v) is 14.2. The first-order valence-corrected chi connectivity index (χ1v) is 9.32. The molecule has 1 N–H and O–H groups in total. The molecule has 0 unspecified atom stereocenters. The van der Waals surface area contributed by atoms with Crippen LogP contribution in [0, 0.1) is 0 Å². The second-order valence-electron chi connectivity index (χ2n) is 7.02. The zero-order chi connectivity index (χ0) is 15.9. The third-order valence-electron chi connectivity index (χ3n) is 5.39. The van der Waals surface area contributed by atoms with Crippen molar-refractivity contribution < 1.29 is 4.79 Å². The van der Waals surface area contributed by atoms with E-state index in [1.165, 1.54) is 44.2 Å². The van der Waals surface area contributed by atoms with Crippen molar-refractivity contribution in [2.24, 2.45) is 0 Å². The highest BCUT2D eigenvalue weighted by Crippen LogP contribution is 2.23. The molecule has 0 bridgehead atoms. The van der Waals surface area contributed by atoms with E-state index in [0.29, 0.717) is 12.3 Å². The molecule has 5 heteroatoms. The van der Waals surface area contributed by atoms with Gasteiger partial charge in [0.25, 0.3) is 0 Å². The van der Waals surface area contributed by atoms with Crippen molar-refractivity contribution in [3.63, 3.8) is 0 Å². The Kier molecular flexibility index (Phi) is 6.08. The topological polar surface area (TPSA) is 52.2 Å². The average Bonchev–Trinajstić information content (AvgIpc) is 2.97. The molecule has 23 heavy (non-hydrogen) atoms. The van der Waals surface area contributed by atoms with E-state index in [-0.39, 0.29) is 0 Å². The summed E-state index contributed by atoms with van der Waals surface area (Å²) in [4.78, 5) is 17.2. The molecule has 0 atom stereocenters. The molecule has 128 valence electrons. The maximum Gasteiger partial charge on any atom is 0.222 e. The largest absolute Gasteiger partial charge is 0.341 e. The van der Waals surface area contributed by atoms with Crippen LogP contribution in [0.25, 0.3) is 0 Å². The Labute approximate surface area is 139 Å². The molecule has 2 aliphatic rings. The van der Waals surface area contributed by atoms with Crippen molar-refractivity contribution in [3.8, 4) is 0 Å². The summed E-state index contributed by atoms with van der Waals surface area (Å²) in [5, 5.41) is 6.77. The molecule has 1 aliphatic carbocycles. The number of aromatic nitrogens is 2. The van der Waals surface area contributed by atoms with E-state index in [0.717, 1.165) is 44.9 Å². The average molecular weight is 318 g/mol. The Morgan fingerprint density at radius 2 is 2.00 bits per heavy atom. The predicted molar refractivity (Wildman–Crippen MR) is 91.2 cm³/mol. The normalized spacial score (nSPS) is 21.3. The summed E-state index contributed by atoms with van der Waals surface area (Å²) in [6.07, 6.45) is 14.3. The molecule has 3 rings (SSSR count). The van der Waals surface area contributed by atoms with Gasteiger partial charge in [-0.2, -0.15) is 5.10 Å². The summed E-state index contributed by atoms with van der Waals surface area (Å²) in [5.74, 6) is 0.332. The molecule has 1 aromatic heterocycles. The van der Waals surface area contributed by atoms with Gasteiger partial charge in [0.05, 0.1) is 6.20 Å². The van der Waals surface area contributed by atoms with Gasteiger partial charge in [0.2, 0.25) is 5.91 Å².